The zero-order valence-electron chi connectivity index (χ0n) is 7.76. The van der Waals surface area contributed by atoms with Gasteiger partial charge in [0.25, 0.3) is 0 Å². The third-order valence-corrected chi connectivity index (χ3v) is 1.36. The van der Waals surface area contributed by atoms with Crippen LogP contribution in [0, 0.1) is 5.41 Å². The molecule has 0 rings (SSSR count). The molecule has 0 aliphatic heterocycles. The smallest absolute Gasteiger partial charge is 0.0313 e. The number of hydrogen-bond acceptors (Lipinski definition) is 2. The van der Waals surface area contributed by atoms with E-state index in [0.29, 0.717) is 0 Å². The molecular formula is C9H16N2. The quantitative estimate of drug-likeness (QED) is 0.542. The molecule has 0 aromatic heterocycles. The molecular weight excluding hydrogens is 136 g/mol. The molecule has 2 heteroatoms. The lowest BCUT2D eigenvalue weighted by atomic mass is 9.88. The van der Waals surface area contributed by atoms with Gasteiger partial charge in [0.2, 0.25) is 0 Å². The van der Waals surface area contributed by atoms with E-state index in [0.717, 1.165) is 5.57 Å². The van der Waals surface area contributed by atoms with Gasteiger partial charge in [-0.1, -0.05) is 20.8 Å². The van der Waals surface area contributed by atoms with Gasteiger partial charge in [0, 0.05) is 19.5 Å². The van der Waals surface area contributed by atoms with E-state index in [4.69, 9.17) is 0 Å². The van der Waals surface area contributed by atoms with Gasteiger partial charge in [-0.15, -0.1) is 0 Å². The molecule has 0 saturated heterocycles. The summed E-state index contributed by atoms with van der Waals surface area (Å²) in [5.41, 5.74) is 1.19. The van der Waals surface area contributed by atoms with Crippen LogP contribution in [-0.2, 0) is 0 Å². The summed E-state index contributed by atoms with van der Waals surface area (Å²) >= 11 is 0. The van der Waals surface area contributed by atoms with Crippen LogP contribution < -0.4 is 0 Å². The molecule has 0 bridgehead atoms. The molecule has 0 N–H and O–H groups in total. The highest BCUT2D eigenvalue weighted by atomic mass is 14.7. The molecule has 0 aliphatic carbocycles. The summed E-state index contributed by atoms with van der Waals surface area (Å²) < 4.78 is 0. The fourth-order valence-corrected chi connectivity index (χ4v) is 0.658. The topological polar surface area (TPSA) is 24.7 Å². The highest BCUT2D eigenvalue weighted by Gasteiger charge is 2.14. The summed E-state index contributed by atoms with van der Waals surface area (Å²) in [4.78, 5) is 7.66. The molecule has 0 aliphatic rings. The first-order chi connectivity index (χ1) is 5.02. The van der Waals surface area contributed by atoms with Crippen molar-refractivity contribution in [2.45, 2.75) is 20.8 Å². The van der Waals surface area contributed by atoms with Gasteiger partial charge in [-0.25, -0.2) is 0 Å². The monoisotopic (exact) mass is 152 g/mol. The third kappa shape index (κ3) is 3.71. The van der Waals surface area contributed by atoms with Gasteiger partial charge in [-0.3, -0.25) is 9.98 Å². The van der Waals surface area contributed by atoms with E-state index in [1.165, 1.54) is 0 Å². The number of hydrogen-bond donors (Lipinski definition) is 0. The first-order valence-electron chi connectivity index (χ1n) is 3.61. The van der Waals surface area contributed by atoms with Gasteiger partial charge in [-0.2, -0.15) is 0 Å². The second kappa shape index (κ2) is 4.06. The van der Waals surface area contributed by atoms with E-state index in [9.17, 15) is 0 Å². The maximum absolute atomic E-state index is 3.94. The van der Waals surface area contributed by atoms with Gasteiger partial charge in [-0.05, 0) is 17.7 Å². The summed E-state index contributed by atoms with van der Waals surface area (Å²) in [5, 5.41) is 0. The van der Waals surface area contributed by atoms with Crippen LogP contribution in [0.1, 0.15) is 20.8 Å². The summed E-state index contributed by atoms with van der Waals surface area (Å²) in [6.07, 6.45) is 3.56. The molecule has 0 amide bonds. The van der Waals surface area contributed by atoms with Crippen molar-refractivity contribution in [1.29, 1.82) is 0 Å². The Kier molecular flexibility index (Phi) is 3.72. The fourth-order valence-electron chi connectivity index (χ4n) is 0.658. The molecule has 0 saturated carbocycles. The number of allylic oxidation sites excluding steroid dienone is 1. The van der Waals surface area contributed by atoms with Crippen LogP contribution in [-0.4, -0.2) is 20.0 Å². The zero-order chi connectivity index (χ0) is 8.91. The molecule has 0 fully saturated rings. The SMILES string of the molecule is C=N/C=C(\C=NC)C(C)(C)C. The number of aliphatic imine (C=N–C) groups is 2. The number of rotatable bonds is 2. The molecule has 0 radical (unpaired) electrons. The van der Waals surface area contributed by atoms with Crippen LogP contribution >= 0.6 is 0 Å². The Morgan fingerprint density at radius 1 is 1.36 bits per heavy atom. The van der Waals surface area contributed by atoms with Crippen LogP contribution in [0.25, 0.3) is 0 Å². The normalized spacial score (nSPS) is 14.0. The highest BCUT2D eigenvalue weighted by Crippen LogP contribution is 2.23. The molecule has 0 aromatic carbocycles. The van der Waals surface area contributed by atoms with Gasteiger partial charge >= 0.3 is 0 Å². The first kappa shape index (κ1) is 10.1. The minimum absolute atomic E-state index is 0.0979. The van der Waals surface area contributed by atoms with Crippen LogP contribution in [0.5, 0.6) is 0 Å². The lowest BCUT2D eigenvalue weighted by Crippen LogP contribution is -2.10. The Morgan fingerprint density at radius 3 is 2.18 bits per heavy atom. The summed E-state index contributed by atoms with van der Waals surface area (Å²) in [6.45, 7) is 9.76. The van der Waals surface area contributed by atoms with E-state index in [1.54, 1.807) is 13.2 Å². The summed E-state index contributed by atoms with van der Waals surface area (Å²) in [7, 11) is 1.75. The summed E-state index contributed by atoms with van der Waals surface area (Å²) in [6, 6.07) is 0. The largest absolute Gasteiger partial charge is 0.296 e. The third-order valence-electron chi connectivity index (χ3n) is 1.36. The van der Waals surface area contributed by atoms with Crippen LogP contribution in [0.2, 0.25) is 0 Å². The van der Waals surface area contributed by atoms with Crippen molar-refractivity contribution in [3.8, 4) is 0 Å². The second-order valence-electron chi connectivity index (χ2n) is 3.40. The average molecular weight is 152 g/mol. The average Bonchev–Trinajstić information content (AvgIpc) is 1.85. The van der Waals surface area contributed by atoms with E-state index < -0.39 is 0 Å². The van der Waals surface area contributed by atoms with Crippen molar-refractivity contribution < 1.29 is 0 Å². The molecule has 2 nitrogen and oxygen atoms in total. The Bertz CT molecular complexity index is 182. The van der Waals surface area contributed by atoms with Crippen molar-refractivity contribution in [3.05, 3.63) is 11.8 Å². The van der Waals surface area contributed by atoms with Crippen molar-refractivity contribution in [3.63, 3.8) is 0 Å². The Hall–Kier alpha value is -0.920. The molecule has 62 valence electrons. The maximum Gasteiger partial charge on any atom is 0.0313 e. The predicted molar refractivity (Wildman–Crippen MR) is 51.5 cm³/mol. The number of nitrogens with zero attached hydrogens (tertiary/aromatic N) is 2. The zero-order valence-corrected chi connectivity index (χ0v) is 7.76. The van der Waals surface area contributed by atoms with Gasteiger partial charge < -0.3 is 0 Å². The molecule has 0 atom stereocenters. The minimum Gasteiger partial charge on any atom is -0.296 e. The maximum atomic E-state index is 3.94. The van der Waals surface area contributed by atoms with E-state index in [-0.39, 0.29) is 5.41 Å². The van der Waals surface area contributed by atoms with Crippen LogP contribution in [0.15, 0.2) is 21.8 Å². The standard InChI is InChI=1S/C9H16N2/c1-9(2,3)8(6-10-4)7-11-5/h6-7H,4H2,1-3,5H3/b8-6+,11-7?. The van der Waals surface area contributed by atoms with Crippen molar-refractivity contribution in [2.24, 2.45) is 15.4 Å². The molecule has 0 spiro atoms. The predicted octanol–water partition coefficient (Wildman–Crippen LogP) is 2.32. The lowest BCUT2D eigenvalue weighted by Gasteiger charge is -2.18. The molecule has 0 aromatic rings. The van der Waals surface area contributed by atoms with Crippen LogP contribution in [0.4, 0.5) is 0 Å². The molecule has 0 unspecified atom stereocenters. The molecule has 11 heavy (non-hydrogen) atoms. The lowest BCUT2D eigenvalue weighted by molar-refractivity contribution is 0.525. The van der Waals surface area contributed by atoms with Crippen molar-refractivity contribution in [1.82, 2.24) is 0 Å². The van der Waals surface area contributed by atoms with Gasteiger partial charge in [0.05, 0.1) is 0 Å². The minimum atomic E-state index is 0.0979. The Balaban J connectivity index is 4.61. The van der Waals surface area contributed by atoms with Gasteiger partial charge in [0.15, 0.2) is 0 Å². The van der Waals surface area contributed by atoms with Crippen LogP contribution in [0.3, 0.4) is 0 Å². The fraction of sp³-hybridized carbons (Fsp3) is 0.556. The van der Waals surface area contributed by atoms with E-state index in [1.807, 2.05) is 6.21 Å². The Morgan fingerprint density at radius 2 is 1.91 bits per heavy atom. The Labute approximate surface area is 68.8 Å². The van der Waals surface area contributed by atoms with E-state index in [2.05, 4.69) is 37.5 Å². The molecule has 0 heterocycles. The summed E-state index contributed by atoms with van der Waals surface area (Å²) in [5.74, 6) is 0. The first-order valence-corrected chi connectivity index (χ1v) is 3.61. The van der Waals surface area contributed by atoms with Crippen molar-refractivity contribution in [2.75, 3.05) is 7.05 Å². The highest BCUT2D eigenvalue weighted by molar-refractivity contribution is 5.80. The van der Waals surface area contributed by atoms with E-state index >= 15 is 0 Å². The second-order valence-corrected chi connectivity index (χ2v) is 3.40. The van der Waals surface area contributed by atoms with Gasteiger partial charge in [0.1, 0.15) is 0 Å². The van der Waals surface area contributed by atoms with Crippen molar-refractivity contribution >= 4 is 12.9 Å².